The number of nitrogens with zero attached hydrogens (tertiary/aromatic N) is 1. The minimum absolute atomic E-state index is 0.0109. The Morgan fingerprint density at radius 1 is 1.43 bits per heavy atom. The molecule has 28 heavy (non-hydrogen) atoms. The molecule has 4 N–H and O–H groups in total. The van der Waals surface area contributed by atoms with E-state index in [-0.39, 0.29) is 42.9 Å². The van der Waals surface area contributed by atoms with Crippen molar-refractivity contribution < 1.29 is 38.9 Å². The molecule has 0 spiro atoms. The molecule has 0 bridgehead atoms. The lowest BCUT2D eigenvalue weighted by Crippen LogP contribution is -2.71. The van der Waals surface area contributed by atoms with Gasteiger partial charge in [0.25, 0.3) is 5.91 Å². The lowest BCUT2D eigenvalue weighted by Gasteiger charge is -2.50. The molecule has 3 atom stereocenters. The van der Waals surface area contributed by atoms with Gasteiger partial charge in [-0.25, -0.2) is 0 Å². The normalized spacial score (nSPS) is 22.1. The maximum atomic E-state index is 12.4. The van der Waals surface area contributed by atoms with Gasteiger partial charge in [-0.15, -0.1) is 11.8 Å². The summed E-state index contributed by atoms with van der Waals surface area (Å²) in [7, 11) is 0. The summed E-state index contributed by atoms with van der Waals surface area (Å²) in [4.78, 5) is 58.4. The fourth-order valence-corrected chi connectivity index (χ4v) is 4.15. The van der Waals surface area contributed by atoms with Crippen molar-refractivity contribution in [3.8, 4) is 0 Å². The molecule has 0 radical (unpaired) electrons. The van der Waals surface area contributed by atoms with Crippen LogP contribution in [0.4, 0.5) is 0 Å². The zero-order valence-corrected chi connectivity index (χ0v) is 15.8. The van der Waals surface area contributed by atoms with E-state index in [2.05, 4.69) is 5.32 Å². The van der Waals surface area contributed by atoms with Gasteiger partial charge in [0.15, 0.2) is 0 Å². The molecule has 0 aromatic carbocycles. The third-order valence-corrected chi connectivity index (χ3v) is 5.58. The number of hydrogen-bond acceptors (Lipinski definition) is 9. The summed E-state index contributed by atoms with van der Waals surface area (Å²) in [6.45, 7) is 0.921. The molecule has 154 valence electrons. The van der Waals surface area contributed by atoms with E-state index in [1.54, 1.807) is 0 Å². The summed E-state index contributed by atoms with van der Waals surface area (Å²) >= 11 is 1.23. The number of aliphatic carboxylic acids is 2. The second kappa shape index (κ2) is 9.06. The van der Waals surface area contributed by atoms with Crippen LogP contribution in [-0.2, 0) is 28.7 Å². The summed E-state index contributed by atoms with van der Waals surface area (Å²) in [6, 6.07) is -1.95. The molecule has 11 nitrogen and oxygen atoms in total. The molecular weight excluding hydrogens is 394 g/mol. The van der Waals surface area contributed by atoms with Gasteiger partial charge in [0.2, 0.25) is 5.91 Å². The number of amides is 2. The first-order valence-electron chi connectivity index (χ1n) is 8.42. The number of hydrogen-bond donors (Lipinski definition) is 3. The van der Waals surface area contributed by atoms with Crippen molar-refractivity contribution in [3.05, 3.63) is 11.3 Å². The largest absolute Gasteiger partial charge is 0.543 e. The molecule has 1 fully saturated rings. The Morgan fingerprint density at radius 2 is 2.11 bits per heavy atom. The maximum Gasteiger partial charge on any atom is 0.320 e. The second-order valence-corrected chi connectivity index (χ2v) is 7.42. The number of carbonyl (C=O) groups excluding carboxylic acids is 4. The highest BCUT2D eigenvalue weighted by molar-refractivity contribution is 8.00. The van der Waals surface area contributed by atoms with Gasteiger partial charge in [-0.3, -0.25) is 24.1 Å². The molecule has 1 saturated heterocycles. The molecule has 0 aromatic heterocycles. The quantitative estimate of drug-likeness (QED) is 0.270. The molecule has 2 aliphatic rings. The Bertz CT molecular complexity index is 737. The number of nitrogens with two attached hydrogens (primary N) is 1. The molecule has 1 unspecified atom stereocenters. The van der Waals surface area contributed by atoms with Gasteiger partial charge in [-0.1, -0.05) is 0 Å². The third kappa shape index (κ3) is 4.81. The molecular formula is C16H20N3O8S-. The number of nitrogens with one attached hydrogen (secondary N) is 1. The summed E-state index contributed by atoms with van der Waals surface area (Å²) in [5.74, 6) is -4.17. The van der Waals surface area contributed by atoms with Crippen LogP contribution in [0.1, 0.15) is 26.2 Å². The first-order chi connectivity index (χ1) is 13.1. The zero-order valence-electron chi connectivity index (χ0n) is 15.0. The van der Waals surface area contributed by atoms with Gasteiger partial charge >= 0.3 is 11.9 Å². The number of fused-ring (bicyclic) bond motifs is 1. The van der Waals surface area contributed by atoms with Crippen LogP contribution in [0.3, 0.4) is 0 Å². The van der Waals surface area contributed by atoms with Crippen LogP contribution < -0.4 is 16.2 Å². The van der Waals surface area contributed by atoms with E-state index < -0.39 is 47.2 Å². The first-order valence-corrected chi connectivity index (χ1v) is 9.47. The fourth-order valence-electron chi connectivity index (χ4n) is 2.82. The van der Waals surface area contributed by atoms with E-state index in [9.17, 15) is 29.1 Å². The number of esters is 1. The fraction of sp³-hybridized carbons (Fsp3) is 0.562. The Balaban J connectivity index is 1.96. The lowest BCUT2D eigenvalue weighted by atomic mass is 10.0. The van der Waals surface area contributed by atoms with Crippen molar-refractivity contribution in [2.45, 2.75) is 43.6 Å². The standard InChI is InChI=1S/C16H21N3O8S/c1-7(20)27-5-8-6-28-14-11(13(22)19(14)12(8)16(25)26)18-10(21)4-2-3-9(17)15(23)24/h9,11,14H,2-6,17H2,1H3,(H,18,21)(H,23,24)(H,25,26)/p-1/t9?,11-,14-/m1/s1. The van der Waals surface area contributed by atoms with Crippen molar-refractivity contribution in [1.82, 2.24) is 10.2 Å². The zero-order chi connectivity index (χ0) is 21.0. The summed E-state index contributed by atoms with van der Waals surface area (Å²) in [5, 5.41) is 22.1. The first kappa shape index (κ1) is 21.7. The number of ether oxygens (including phenoxy) is 1. The smallest absolute Gasteiger partial charge is 0.320 e. The van der Waals surface area contributed by atoms with Crippen LogP contribution in [0.25, 0.3) is 0 Å². The maximum absolute atomic E-state index is 12.4. The molecule has 0 saturated carbocycles. The lowest BCUT2D eigenvalue weighted by molar-refractivity contribution is -0.301. The van der Waals surface area contributed by atoms with Gasteiger partial charge < -0.3 is 30.8 Å². The van der Waals surface area contributed by atoms with Crippen molar-refractivity contribution in [2.75, 3.05) is 12.4 Å². The minimum Gasteiger partial charge on any atom is -0.543 e. The topological polar surface area (TPSA) is 179 Å². The summed E-state index contributed by atoms with van der Waals surface area (Å²) in [5.41, 5.74) is 5.26. The highest BCUT2D eigenvalue weighted by Crippen LogP contribution is 2.40. The van der Waals surface area contributed by atoms with Crippen molar-refractivity contribution in [1.29, 1.82) is 0 Å². The van der Waals surface area contributed by atoms with E-state index in [1.165, 1.54) is 18.7 Å². The molecule has 12 heteroatoms. The predicted octanol–water partition coefficient (Wildman–Crippen LogP) is -2.46. The number of β-lactam (4-membered cyclic amide) rings is 1. The minimum atomic E-state index is -1.56. The molecule has 2 rings (SSSR count). The van der Waals surface area contributed by atoms with Crippen LogP contribution in [-0.4, -0.2) is 69.5 Å². The SMILES string of the molecule is CC(=O)OCC1=C(C(=O)[O-])N2C(=O)[C@@H](NC(=O)CCCC(N)C(=O)O)[C@H]2SC1. The summed E-state index contributed by atoms with van der Waals surface area (Å²) in [6.07, 6.45) is 0.338. The Morgan fingerprint density at radius 3 is 2.68 bits per heavy atom. The highest BCUT2D eigenvalue weighted by atomic mass is 32.2. The number of thioether (sulfide) groups is 1. The van der Waals surface area contributed by atoms with Gasteiger partial charge in [0, 0.05) is 24.7 Å². The Labute approximate surface area is 164 Å². The van der Waals surface area contributed by atoms with E-state index >= 15 is 0 Å². The predicted molar refractivity (Wildman–Crippen MR) is 93.2 cm³/mol. The van der Waals surface area contributed by atoms with Crippen LogP contribution in [0.2, 0.25) is 0 Å². The van der Waals surface area contributed by atoms with E-state index in [1.807, 2.05) is 0 Å². The number of carboxylic acid groups (broad SMARTS) is 2. The van der Waals surface area contributed by atoms with Crippen LogP contribution >= 0.6 is 11.8 Å². The Hall–Kier alpha value is -2.60. The van der Waals surface area contributed by atoms with Crippen LogP contribution in [0, 0.1) is 0 Å². The molecule has 2 amide bonds. The molecule has 0 aliphatic carbocycles. The number of rotatable bonds is 9. The monoisotopic (exact) mass is 414 g/mol. The Kier molecular flexibility index (Phi) is 7.02. The van der Waals surface area contributed by atoms with Crippen molar-refractivity contribution in [2.24, 2.45) is 5.73 Å². The van der Waals surface area contributed by atoms with Crippen molar-refractivity contribution >= 4 is 41.5 Å². The number of carbonyl (C=O) groups is 5. The van der Waals surface area contributed by atoms with Gasteiger partial charge in [0.05, 0.1) is 11.7 Å². The molecule has 2 heterocycles. The van der Waals surface area contributed by atoms with Crippen molar-refractivity contribution in [3.63, 3.8) is 0 Å². The molecule has 0 aromatic rings. The van der Waals surface area contributed by atoms with Gasteiger partial charge in [0.1, 0.15) is 24.1 Å². The van der Waals surface area contributed by atoms with Crippen LogP contribution in [0.15, 0.2) is 11.3 Å². The average molecular weight is 414 g/mol. The molecule has 2 aliphatic heterocycles. The number of carboxylic acids is 2. The average Bonchev–Trinajstić information content (AvgIpc) is 2.62. The highest BCUT2D eigenvalue weighted by Gasteiger charge is 2.52. The second-order valence-electron chi connectivity index (χ2n) is 6.31. The van der Waals surface area contributed by atoms with E-state index in [4.69, 9.17) is 15.6 Å². The van der Waals surface area contributed by atoms with Crippen LogP contribution in [0.5, 0.6) is 0 Å². The summed E-state index contributed by atoms with van der Waals surface area (Å²) < 4.78 is 4.82. The van der Waals surface area contributed by atoms with Gasteiger partial charge in [-0.05, 0) is 12.8 Å². The third-order valence-electron chi connectivity index (χ3n) is 4.24. The van der Waals surface area contributed by atoms with E-state index in [0.29, 0.717) is 0 Å². The van der Waals surface area contributed by atoms with Gasteiger partial charge in [-0.2, -0.15) is 0 Å². The van der Waals surface area contributed by atoms with E-state index in [0.717, 1.165) is 4.90 Å².